The molecule has 1 aliphatic heterocycles. The van der Waals surface area contributed by atoms with Crippen molar-refractivity contribution < 1.29 is 0 Å². The predicted octanol–water partition coefficient (Wildman–Crippen LogP) is 3.59. The molecule has 4 heterocycles. The highest BCUT2D eigenvalue weighted by Gasteiger charge is 2.17. The molecular formula is C19H26N6S. The second kappa shape index (κ2) is 7.23. The van der Waals surface area contributed by atoms with Gasteiger partial charge in [-0.3, -0.25) is 4.68 Å². The van der Waals surface area contributed by atoms with E-state index in [9.17, 15) is 0 Å². The van der Waals surface area contributed by atoms with Crippen LogP contribution in [-0.2, 0) is 20.0 Å². The van der Waals surface area contributed by atoms with Gasteiger partial charge in [0, 0.05) is 38.6 Å². The lowest BCUT2D eigenvalue weighted by molar-refractivity contribution is 0.577. The van der Waals surface area contributed by atoms with Crippen LogP contribution in [-0.4, -0.2) is 37.4 Å². The van der Waals surface area contributed by atoms with Gasteiger partial charge in [-0.25, -0.2) is 9.97 Å². The average Bonchev–Trinajstić information content (AvgIpc) is 3.35. The van der Waals surface area contributed by atoms with E-state index in [-0.39, 0.29) is 0 Å². The third kappa shape index (κ3) is 3.28. The summed E-state index contributed by atoms with van der Waals surface area (Å²) in [5.74, 6) is 0. The number of nitrogens with zero attached hydrogens (tertiary/aromatic N) is 6. The molecule has 4 rings (SSSR count). The highest BCUT2D eigenvalue weighted by Crippen LogP contribution is 2.32. The van der Waals surface area contributed by atoms with Crippen LogP contribution in [0.2, 0.25) is 0 Å². The fraction of sp³-hybridized carbons (Fsp3) is 0.526. The fourth-order valence-corrected chi connectivity index (χ4v) is 4.72. The number of aryl methyl sites for hydroxylation is 3. The van der Waals surface area contributed by atoms with Gasteiger partial charge in [-0.05, 0) is 45.1 Å². The molecule has 0 unspecified atom stereocenters. The van der Waals surface area contributed by atoms with E-state index in [0.717, 1.165) is 42.6 Å². The first kappa shape index (κ1) is 17.3. The van der Waals surface area contributed by atoms with Gasteiger partial charge >= 0.3 is 0 Å². The van der Waals surface area contributed by atoms with Gasteiger partial charge in [0.25, 0.3) is 0 Å². The lowest BCUT2D eigenvalue weighted by Crippen LogP contribution is -2.29. The van der Waals surface area contributed by atoms with Crippen molar-refractivity contribution in [3.8, 4) is 10.6 Å². The summed E-state index contributed by atoms with van der Waals surface area (Å²) in [7, 11) is 2.01. The van der Waals surface area contributed by atoms with Crippen molar-refractivity contribution in [1.82, 2.24) is 24.3 Å². The zero-order chi connectivity index (χ0) is 18.1. The molecule has 7 heteroatoms. The topological polar surface area (TPSA) is 51.8 Å². The molecule has 0 bridgehead atoms. The van der Waals surface area contributed by atoms with Crippen molar-refractivity contribution in [1.29, 1.82) is 0 Å². The molecule has 0 radical (unpaired) electrons. The summed E-state index contributed by atoms with van der Waals surface area (Å²) in [5.41, 5.74) is 4.86. The van der Waals surface area contributed by atoms with Crippen LogP contribution >= 0.6 is 11.3 Å². The van der Waals surface area contributed by atoms with Crippen LogP contribution in [0.3, 0.4) is 0 Å². The van der Waals surface area contributed by atoms with E-state index < -0.39 is 0 Å². The molecule has 0 spiro atoms. The SMILES string of the molecule is Cc1nn(C)c(C)c1CCn1cncc1-c1cnc(N2CCCCC2)s1. The molecule has 0 aliphatic carbocycles. The molecule has 1 aliphatic rings. The lowest BCUT2D eigenvalue weighted by Gasteiger charge is -2.25. The first-order valence-corrected chi connectivity index (χ1v) is 10.2. The van der Waals surface area contributed by atoms with Gasteiger partial charge in [0.05, 0.1) is 28.8 Å². The van der Waals surface area contributed by atoms with Gasteiger partial charge in [0.1, 0.15) is 0 Å². The van der Waals surface area contributed by atoms with E-state index in [4.69, 9.17) is 0 Å². The van der Waals surface area contributed by atoms with E-state index >= 15 is 0 Å². The second-order valence-corrected chi connectivity index (χ2v) is 8.06. The summed E-state index contributed by atoms with van der Waals surface area (Å²) < 4.78 is 4.20. The maximum Gasteiger partial charge on any atom is 0.185 e. The average molecular weight is 371 g/mol. The fourth-order valence-electron chi connectivity index (χ4n) is 3.73. The number of aromatic nitrogens is 5. The van der Waals surface area contributed by atoms with Crippen LogP contribution in [0.4, 0.5) is 5.13 Å². The maximum absolute atomic E-state index is 4.68. The standard InChI is InChI=1S/C19H26N6S/c1-14-16(15(2)23(3)22-14)7-10-25-13-20-11-17(25)18-12-21-19(26-18)24-8-5-4-6-9-24/h11-13H,4-10H2,1-3H3. The van der Waals surface area contributed by atoms with Crippen LogP contribution in [0.1, 0.15) is 36.2 Å². The quantitative estimate of drug-likeness (QED) is 0.689. The first-order chi connectivity index (χ1) is 12.6. The molecule has 26 heavy (non-hydrogen) atoms. The van der Waals surface area contributed by atoms with Crippen molar-refractivity contribution in [2.75, 3.05) is 18.0 Å². The number of thiazole rings is 1. The molecule has 3 aromatic rings. The number of rotatable bonds is 5. The van der Waals surface area contributed by atoms with E-state index in [1.165, 1.54) is 35.4 Å². The van der Waals surface area contributed by atoms with E-state index in [2.05, 4.69) is 38.4 Å². The molecule has 6 nitrogen and oxygen atoms in total. The Balaban J connectivity index is 1.51. The molecule has 0 atom stereocenters. The Morgan fingerprint density at radius 3 is 2.65 bits per heavy atom. The predicted molar refractivity (Wildman–Crippen MR) is 106 cm³/mol. The summed E-state index contributed by atoms with van der Waals surface area (Å²) in [6.07, 6.45) is 10.7. The van der Waals surface area contributed by atoms with Crippen LogP contribution in [0.15, 0.2) is 18.7 Å². The van der Waals surface area contributed by atoms with Gasteiger partial charge in [0.15, 0.2) is 5.13 Å². The van der Waals surface area contributed by atoms with E-state index in [1.54, 1.807) is 11.3 Å². The van der Waals surface area contributed by atoms with Crippen molar-refractivity contribution in [2.24, 2.45) is 7.05 Å². The number of anilines is 1. The Labute approximate surface area is 158 Å². The molecule has 0 aromatic carbocycles. The third-order valence-electron chi connectivity index (χ3n) is 5.35. The van der Waals surface area contributed by atoms with Crippen LogP contribution in [0.25, 0.3) is 10.6 Å². The zero-order valence-corrected chi connectivity index (χ0v) is 16.6. The van der Waals surface area contributed by atoms with Gasteiger partial charge in [-0.15, -0.1) is 0 Å². The molecule has 0 amide bonds. The molecule has 0 N–H and O–H groups in total. The van der Waals surface area contributed by atoms with Gasteiger partial charge in [-0.2, -0.15) is 5.10 Å². The summed E-state index contributed by atoms with van der Waals surface area (Å²) in [6.45, 7) is 7.39. The van der Waals surface area contributed by atoms with Crippen LogP contribution in [0.5, 0.6) is 0 Å². The summed E-state index contributed by atoms with van der Waals surface area (Å²) in [4.78, 5) is 12.7. The minimum atomic E-state index is 0.902. The smallest absolute Gasteiger partial charge is 0.185 e. The summed E-state index contributed by atoms with van der Waals surface area (Å²) in [6, 6.07) is 0. The molecule has 1 fully saturated rings. The van der Waals surface area contributed by atoms with Gasteiger partial charge < -0.3 is 9.47 Å². The van der Waals surface area contributed by atoms with Crippen LogP contribution < -0.4 is 4.90 Å². The first-order valence-electron chi connectivity index (χ1n) is 9.34. The summed E-state index contributed by atoms with van der Waals surface area (Å²) >= 11 is 1.78. The number of imidazole rings is 1. The Morgan fingerprint density at radius 2 is 1.92 bits per heavy atom. The van der Waals surface area contributed by atoms with E-state index in [0.29, 0.717) is 0 Å². The third-order valence-corrected chi connectivity index (χ3v) is 6.43. The van der Waals surface area contributed by atoms with E-state index in [1.807, 2.05) is 30.5 Å². The molecule has 1 saturated heterocycles. The Bertz CT molecular complexity index is 884. The molecular weight excluding hydrogens is 344 g/mol. The highest BCUT2D eigenvalue weighted by molar-refractivity contribution is 7.18. The van der Waals surface area contributed by atoms with Gasteiger partial charge in [0.2, 0.25) is 0 Å². The van der Waals surface area contributed by atoms with Crippen molar-refractivity contribution in [3.63, 3.8) is 0 Å². The van der Waals surface area contributed by atoms with Crippen LogP contribution in [0, 0.1) is 13.8 Å². The number of hydrogen-bond acceptors (Lipinski definition) is 5. The Kier molecular flexibility index (Phi) is 4.80. The maximum atomic E-state index is 4.68. The van der Waals surface area contributed by atoms with Crippen molar-refractivity contribution >= 4 is 16.5 Å². The highest BCUT2D eigenvalue weighted by atomic mass is 32.1. The van der Waals surface area contributed by atoms with Crippen molar-refractivity contribution in [3.05, 3.63) is 35.7 Å². The normalized spacial score (nSPS) is 15.0. The molecule has 0 saturated carbocycles. The molecule has 3 aromatic heterocycles. The second-order valence-electron chi connectivity index (χ2n) is 7.05. The Morgan fingerprint density at radius 1 is 1.12 bits per heavy atom. The number of hydrogen-bond donors (Lipinski definition) is 0. The zero-order valence-electron chi connectivity index (χ0n) is 15.8. The lowest BCUT2D eigenvalue weighted by atomic mass is 10.1. The minimum absolute atomic E-state index is 0.902. The Hall–Kier alpha value is -2.15. The summed E-state index contributed by atoms with van der Waals surface area (Å²) in [5, 5.41) is 5.67. The monoisotopic (exact) mass is 370 g/mol. The molecule has 138 valence electrons. The minimum Gasteiger partial charge on any atom is -0.348 e. The number of piperidine rings is 1. The van der Waals surface area contributed by atoms with Crippen molar-refractivity contribution in [2.45, 2.75) is 46.1 Å². The van der Waals surface area contributed by atoms with Gasteiger partial charge in [-0.1, -0.05) is 11.3 Å². The largest absolute Gasteiger partial charge is 0.348 e.